The largest absolute Gasteiger partial charge is 0.491 e. The van der Waals surface area contributed by atoms with Gasteiger partial charge in [0.15, 0.2) is 0 Å². The fourth-order valence-corrected chi connectivity index (χ4v) is 1.55. The molecule has 0 fully saturated rings. The van der Waals surface area contributed by atoms with Crippen LogP contribution in [0, 0.1) is 6.92 Å². The van der Waals surface area contributed by atoms with Gasteiger partial charge in [0.05, 0.1) is 32.0 Å². The molecule has 1 aromatic carbocycles. The van der Waals surface area contributed by atoms with E-state index in [9.17, 15) is 5.11 Å². The van der Waals surface area contributed by atoms with Crippen LogP contribution in [-0.2, 0) is 9.47 Å². The van der Waals surface area contributed by atoms with E-state index >= 15 is 0 Å². The van der Waals surface area contributed by atoms with Crippen LogP contribution in [0.4, 0.5) is 0 Å². The van der Waals surface area contributed by atoms with E-state index in [1.807, 2.05) is 38.1 Å². The van der Waals surface area contributed by atoms with Crippen molar-refractivity contribution in [1.29, 1.82) is 0 Å². The number of hydrogen-bond acceptors (Lipinski definition) is 5. The predicted octanol–water partition coefficient (Wildman–Crippen LogP) is 1.54. The van der Waals surface area contributed by atoms with Crippen molar-refractivity contribution in [2.45, 2.75) is 39.1 Å². The van der Waals surface area contributed by atoms with Gasteiger partial charge in [-0.1, -0.05) is 17.7 Å². The summed E-state index contributed by atoms with van der Waals surface area (Å²) in [6.45, 7) is 6.39. The maximum Gasteiger partial charge on any atom is 0.119 e. The van der Waals surface area contributed by atoms with Gasteiger partial charge in [-0.2, -0.15) is 0 Å². The average molecular weight is 298 g/mol. The van der Waals surface area contributed by atoms with Gasteiger partial charge in [-0.15, -0.1) is 0 Å². The van der Waals surface area contributed by atoms with Crippen molar-refractivity contribution in [3.8, 4) is 5.75 Å². The summed E-state index contributed by atoms with van der Waals surface area (Å²) < 4.78 is 16.3. The first-order valence-electron chi connectivity index (χ1n) is 7.23. The Kier molecular flexibility index (Phi) is 8.30. The lowest BCUT2D eigenvalue weighted by molar-refractivity contribution is -0.0698. The summed E-state index contributed by atoms with van der Waals surface area (Å²) in [5.41, 5.74) is 1.16. The summed E-state index contributed by atoms with van der Waals surface area (Å²) in [6, 6.07) is 7.66. The van der Waals surface area contributed by atoms with Crippen LogP contribution in [0.25, 0.3) is 0 Å². The molecule has 21 heavy (non-hydrogen) atoms. The maximum absolute atomic E-state index is 9.81. The second-order valence-corrected chi connectivity index (χ2v) is 5.25. The van der Waals surface area contributed by atoms with Crippen LogP contribution in [0.1, 0.15) is 19.4 Å². The van der Waals surface area contributed by atoms with Crippen LogP contribution in [0.2, 0.25) is 0 Å². The Hall–Kier alpha value is -1.14. The topological polar surface area (TPSA) is 68.2 Å². The van der Waals surface area contributed by atoms with E-state index < -0.39 is 6.10 Å². The fraction of sp³-hybridized carbons (Fsp3) is 0.625. The van der Waals surface area contributed by atoms with Gasteiger partial charge in [0.2, 0.25) is 0 Å². The lowest BCUT2D eigenvalue weighted by atomic mass is 10.2. The molecule has 0 saturated carbocycles. The third-order valence-electron chi connectivity index (χ3n) is 2.91. The Morgan fingerprint density at radius 1 is 0.952 bits per heavy atom. The lowest BCUT2D eigenvalue weighted by Gasteiger charge is -2.18. The number of hydrogen-bond donors (Lipinski definition) is 2. The highest BCUT2D eigenvalue weighted by Crippen LogP contribution is 2.11. The monoisotopic (exact) mass is 298 g/mol. The van der Waals surface area contributed by atoms with E-state index in [-0.39, 0.29) is 32.0 Å². The van der Waals surface area contributed by atoms with Gasteiger partial charge in [-0.3, -0.25) is 0 Å². The molecule has 0 saturated heterocycles. The van der Waals surface area contributed by atoms with Gasteiger partial charge in [0.25, 0.3) is 0 Å². The molecule has 1 aromatic rings. The van der Waals surface area contributed by atoms with Gasteiger partial charge in [-0.05, 0) is 32.9 Å². The van der Waals surface area contributed by atoms with Crippen molar-refractivity contribution in [2.75, 3.05) is 26.4 Å². The molecule has 3 atom stereocenters. The molecule has 0 heterocycles. The summed E-state index contributed by atoms with van der Waals surface area (Å²) in [4.78, 5) is 0. The highest BCUT2D eigenvalue weighted by atomic mass is 16.5. The Bertz CT molecular complexity index is 379. The molecule has 0 aliphatic heterocycles. The van der Waals surface area contributed by atoms with Crippen molar-refractivity contribution in [2.24, 2.45) is 0 Å². The Labute approximate surface area is 126 Å². The van der Waals surface area contributed by atoms with Gasteiger partial charge >= 0.3 is 0 Å². The third kappa shape index (κ3) is 8.02. The van der Waals surface area contributed by atoms with E-state index in [1.165, 1.54) is 0 Å². The van der Waals surface area contributed by atoms with Gasteiger partial charge < -0.3 is 24.4 Å². The zero-order chi connectivity index (χ0) is 15.7. The molecule has 5 heteroatoms. The minimum Gasteiger partial charge on any atom is -0.491 e. The zero-order valence-corrected chi connectivity index (χ0v) is 13.0. The normalized spacial score (nSPS) is 15.5. The molecule has 0 aromatic heterocycles. The van der Waals surface area contributed by atoms with Crippen LogP contribution in [0.15, 0.2) is 24.3 Å². The standard InChI is InChI=1S/C16H26O5/c1-12-4-6-16(7-5-12)21-11-15(18)10-20-14(3)9-19-13(2)8-17/h4-7,13-15,17-18H,8-11H2,1-3H3. The Morgan fingerprint density at radius 3 is 2.19 bits per heavy atom. The summed E-state index contributed by atoms with van der Waals surface area (Å²) in [7, 11) is 0. The molecule has 3 unspecified atom stereocenters. The highest BCUT2D eigenvalue weighted by molar-refractivity contribution is 5.26. The highest BCUT2D eigenvalue weighted by Gasteiger charge is 2.10. The Balaban J connectivity index is 2.15. The smallest absolute Gasteiger partial charge is 0.119 e. The number of aryl methyl sites for hydroxylation is 1. The molecule has 1 rings (SSSR count). The van der Waals surface area contributed by atoms with Crippen LogP contribution < -0.4 is 4.74 Å². The molecular formula is C16H26O5. The van der Waals surface area contributed by atoms with E-state index in [2.05, 4.69) is 0 Å². The predicted molar refractivity (Wildman–Crippen MR) is 80.6 cm³/mol. The van der Waals surface area contributed by atoms with E-state index in [1.54, 1.807) is 6.92 Å². The minimum atomic E-state index is -0.691. The number of rotatable bonds is 10. The summed E-state index contributed by atoms with van der Waals surface area (Å²) in [5, 5.41) is 18.6. The second kappa shape index (κ2) is 9.73. The number of aliphatic hydroxyl groups excluding tert-OH is 2. The molecule has 0 radical (unpaired) electrons. The SMILES string of the molecule is Cc1ccc(OCC(O)COC(C)COC(C)CO)cc1. The maximum atomic E-state index is 9.81. The fourth-order valence-electron chi connectivity index (χ4n) is 1.55. The summed E-state index contributed by atoms with van der Waals surface area (Å²) in [6.07, 6.45) is -1.04. The van der Waals surface area contributed by atoms with E-state index in [0.717, 1.165) is 11.3 Å². The first kappa shape index (κ1) is 17.9. The zero-order valence-electron chi connectivity index (χ0n) is 13.0. The minimum absolute atomic E-state index is 0.0142. The molecule has 5 nitrogen and oxygen atoms in total. The number of aliphatic hydroxyl groups is 2. The number of ether oxygens (including phenoxy) is 3. The van der Waals surface area contributed by atoms with Crippen LogP contribution in [-0.4, -0.2) is 55.0 Å². The quantitative estimate of drug-likeness (QED) is 0.686. The molecule has 0 spiro atoms. The summed E-state index contributed by atoms with van der Waals surface area (Å²) >= 11 is 0. The molecular weight excluding hydrogens is 272 g/mol. The molecule has 0 aliphatic carbocycles. The first-order valence-corrected chi connectivity index (χ1v) is 7.23. The van der Waals surface area contributed by atoms with Crippen LogP contribution >= 0.6 is 0 Å². The van der Waals surface area contributed by atoms with Crippen LogP contribution in [0.3, 0.4) is 0 Å². The average Bonchev–Trinajstić information content (AvgIpc) is 2.49. The molecule has 0 aliphatic rings. The van der Waals surface area contributed by atoms with Crippen molar-refractivity contribution >= 4 is 0 Å². The van der Waals surface area contributed by atoms with Gasteiger partial charge in [0.1, 0.15) is 18.5 Å². The van der Waals surface area contributed by atoms with Gasteiger partial charge in [0, 0.05) is 0 Å². The Morgan fingerprint density at radius 2 is 1.57 bits per heavy atom. The van der Waals surface area contributed by atoms with E-state index in [0.29, 0.717) is 6.61 Å². The first-order chi connectivity index (χ1) is 10.0. The van der Waals surface area contributed by atoms with Gasteiger partial charge in [-0.25, -0.2) is 0 Å². The van der Waals surface area contributed by atoms with Crippen LogP contribution in [0.5, 0.6) is 5.75 Å². The van der Waals surface area contributed by atoms with Crippen molar-refractivity contribution < 1.29 is 24.4 Å². The van der Waals surface area contributed by atoms with Crippen molar-refractivity contribution in [1.82, 2.24) is 0 Å². The molecule has 0 bridgehead atoms. The van der Waals surface area contributed by atoms with E-state index in [4.69, 9.17) is 19.3 Å². The molecule has 120 valence electrons. The molecule has 0 amide bonds. The van der Waals surface area contributed by atoms with Crippen molar-refractivity contribution in [3.05, 3.63) is 29.8 Å². The summed E-state index contributed by atoms with van der Waals surface area (Å²) in [5.74, 6) is 0.729. The van der Waals surface area contributed by atoms with Crippen molar-refractivity contribution in [3.63, 3.8) is 0 Å². The third-order valence-corrected chi connectivity index (χ3v) is 2.91. The number of benzene rings is 1. The lowest BCUT2D eigenvalue weighted by Crippen LogP contribution is -2.29. The second-order valence-electron chi connectivity index (χ2n) is 5.25. The molecule has 2 N–H and O–H groups in total.